The largest absolute Gasteiger partial charge is 0.426 e. The fourth-order valence-corrected chi connectivity index (χ4v) is 1.59. The van der Waals surface area contributed by atoms with E-state index < -0.39 is 5.97 Å². The molecule has 0 spiro atoms. The van der Waals surface area contributed by atoms with Crippen LogP contribution in [0.25, 0.3) is 0 Å². The van der Waals surface area contributed by atoms with Crippen molar-refractivity contribution in [1.82, 2.24) is 4.98 Å². The number of nitrogen functional groups attached to an aromatic ring is 1. The number of rotatable bonds is 3. The van der Waals surface area contributed by atoms with Gasteiger partial charge in [-0.1, -0.05) is 29.8 Å². The summed E-state index contributed by atoms with van der Waals surface area (Å²) in [4.78, 5) is 15.7. The molecule has 4 nitrogen and oxygen atoms in total. The lowest BCUT2D eigenvalue weighted by atomic mass is 10.2. The minimum absolute atomic E-state index is 0.0151. The Morgan fingerprint density at radius 1 is 1.22 bits per heavy atom. The highest BCUT2D eigenvalue weighted by Gasteiger charge is 2.11. The Labute approximate surface area is 109 Å². The van der Waals surface area contributed by atoms with Crippen molar-refractivity contribution in [3.63, 3.8) is 0 Å². The van der Waals surface area contributed by atoms with Crippen LogP contribution in [0.15, 0.2) is 42.5 Å². The highest BCUT2D eigenvalue weighted by atomic mass is 35.5. The molecular weight excluding hydrogens is 252 g/mol. The number of aromatic nitrogens is 1. The van der Waals surface area contributed by atoms with E-state index >= 15 is 0 Å². The van der Waals surface area contributed by atoms with E-state index in [4.69, 9.17) is 22.1 Å². The van der Waals surface area contributed by atoms with Crippen molar-refractivity contribution in [3.8, 4) is 5.75 Å². The second-order valence-corrected chi connectivity index (χ2v) is 4.04. The summed E-state index contributed by atoms with van der Waals surface area (Å²) < 4.78 is 5.13. The highest BCUT2D eigenvalue weighted by molar-refractivity contribution is 6.31. The van der Waals surface area contributed by atoms with Crippen LogP contribution in [-0.2, 0) is 11.2 Å². The smallest absolute Gasteiger partial charge is 0.317 e. The van der Waals surface area contributed by atoms with E-state index in [0.29, 0.717) is 22.3 Å². The first-order valence-electron chi connectivity index (χ1n) is 5.32. The minimum atomic E-state index is -0.429. The summed E-state index contributed by atoms with van der Waals surface area (Å²) in [5.74, 6) is 0.380. The van der Waals surface area contributed by atoms with Gasteiger partial charge in [0.15, 0.2) is 0 Å². The summed E-state index contributed by atoms with van der Waals surface area (Å²) in [6, 6.07) is 12.0. The molecule has 2 aromatic rings. The van der Waals surface area contributed by atoms with Gasteiger partial charge in [0.05, 0.1) is 17.1 Å². The van der Waals surface area contributed by atoms with Crippen molar-refractivity contribution < 1.29 is 9.53 Å². The zero-order chi connectivity index (χ0) is 13.0. The van der Waals surface area contributed by atoms with Gasteiger partial charge in [0.25, 0.3) is 0 Å². The van der Waals surface area contributed by atoms with E-state index in [1.165, 1.54) is 0 Å². The van der Waals surface area contributed by atoms with Crippen LogP contribution in [0.2, 0.25) is 5.02 Å². The monoisotopic (exact) mass is 262 g/mol. The summed E-state index contributed by atoms with van der Waals surface area (Å²) in [6.07, 6.45) is -0.0151. The Bertz CT molecular complexity index is 558. The van der Waals surface area contributed by atoms with Crippen molar-refractivity contribution in [1.29, 1.82) is 0 Å². The summed E-state index contributed by atoms with van der Waals surface area (Å²) in [7, 11) is 0. The summed E-state index contributed by atoms with van der Waals surface area (Å²) in [5.41, 5.74) is 5.95. The number of halogens is 1. The predicted octanol–water partition coefficient (Wildman–Crippen LogP) is 2.47. The number of hydrogen-bond donors (Lipinski definition) is 1. The van der Waals surface area contributed by atoms with E-state index in [2.05, 4.69) is 4.98 Å². The molecule has 0 saturated carbocycles. The molecule has 1 aromatic heterocycles. The second-order valence-electron chi connectivity index (χ2n) is 3.63. The molecule has 0 aliphatic rings. The molecule has 0 fully saturated rings. The fraction of sp³-hybridized carbons (Fsp3) is 0.0769. The van der Waals surface area contributed by atoms with Crippen molar-refractivity contribution in [2.24, 2.45) is 0 Å². The number of carbonyl (C=O) groups is 1. The third-order valence-corrected chi connectivity index (χ3v) is 2.57. The average Bonchev–Trinajstić information content (AvgIpc) is 2.35. The molecule has 0 bridgehead atoms. The van der Waals surface area contributed by atoms with Crippen LogP contribution in [0.3, 0.4) is 0 Å². The molecule has 0 atom stereocenters. The standard InChI is InChI=1S/C13H11ClN2O2/c14-10-6-7-12(15)16-11(10)8-13(17)18-9-4-2-1-3-5-9/h1-7H,8H2,(H2,15,16). The van der Waals surface area contributed by atoms with Crippen LogP contribution in [-0.4, -0.2) is 11.0 Å². The van der Waals surface area contributed by atoms with Gasteiger partial charge in [0.2, 0.25) is 0 Å². The molecule has 92 valence electrons. The summed E-state index contributed by atoms with van der Waals surface area (Å²) in [6.45, 7) is 0. The van der Waals surface area contributed by atoms with Crippen LogP contribution in [0, 0.1) is 0 Å². The molecule has 5 heteroatoms. The molecule has 18 heavy (non-hydrogen) atoms. The van der Waals surface area contributed by atoms with Crippen LogP contribution in [0.5, 0.6) is 5.75 Å². The van der Waals surface area contributed by atoms with Gasteiger partial charge in [-0.15, -0.1) is 0 Å². The second kappa shape index (κ2) is 5.51. The molecule has 0 aliphatic heterocycles. The lowest BCUT2D eigenvalue weighted by molar-refractivity contribution is -0.133. The highest BCUT2D eigenvalue weighted by Crippen LogP contribution is 2.17. The van der Waals surface area contributed by atoms with Crippen molar-refractivity contribution >= 4 is 23.4 Å². The first-order valence-corrected chi connectivity index (χ1v) is 5.69. The van der Waals surface area contributed by atoms with Crippen LogP contribution in [0.1, 0.15) is 5.69 Å². The van der Waals surface area contributed by atoms with E-state index in [-0.39, 0.29) is 6.42 Å². The minimum Gasteiger partial charge on any atom is -0.426 e. The quantitative estimate of drug-likeness (QED) is 0.682. The van der Waals surface area contributed by atoms with E-state index in [1.54, 1.807) is 36.4 Å². The lowest BCUT2D eigenvalue weighted by Gasteiger charge is -2.05. The summed E-state index contributed by atoms with van der Waals surface area (Å²) in [5, 5.41) is 0.397. The number of esters is 1. The number of nitrogens with two attached hydrogens (primary N) is 1. The van der Waals surface area contributed by atoms with Gasteiger partial charge in [0, 0.05) is 0 Å². The van der Waals surface area contributed by atoms with Gasteiger partial charge in [-0.05, 0) is 24.3 Å². The average molecular weight is 263 g/mol. The van der Waals surface area contributed by atoms with Crippen LogP contribution < -0.4 is 10.5 Å². The number of nitrogens with zero attached hydrogens (tertiary/aromatic N) is 1. The fourth-order valence-electron chi connectivity index (χ4n) is 1.42. The number of carbonyl (C=O) groups excluding carboxylic acids is 1. The van der Waals surface area contributed by atoms with E-state index in [0.717, 1.165) is 0 Å². The molecule has 0 aliphatic carbocycles. The van der Waals surface area contributed by atoms with Crippen molar-refractivity contribution in [2.45, 2.75) is 6.42 Å². The maximum Gasteiger partial charge on any atom is 0.317 e. The first kappa shape index (κ1) is 12.4. The van der Waals surface area contributed by atoms with Gasteiger partial charge in [-0.2, -0.15) is 0 Å². The summed E-state index contributed by atoms with van der Waals surface area (Å²) >= 11 is 5.92. The molecule has 0 radical (unpaired) electrons. The molecule has 1 aromatic carbocycles. The van der Waals surface area contributed by atoms with Gasteiger partial charge >= 0.3 is 5.97 Å². The van der Waals surface area contributed by atoms with Crippen molar-refractivity contribution in [3.05, 3.63) is 53.2 Å². The number of pyridine rings is 1. The molecule has 0 unspecified atom stereocenters. The Kier molecular flexibility index (Phi) is 3.79. The lowest BCUT2D eigenvalue weighted by Crippen LogP contribution is -2.13. The third-order valence-electron chi connectivity index (χ3n) is 2.23. The SMILES string of the molecule is Nc1ccc(Cl)c(CC(=O)Oc2ccccc2)n1. The Morgan fingerprint density at radius 3 is 2.67 bits per heavy atom. The third kappa shape index (κ3) is 3.21. The molecular formula is C13H11ClN2O2. The van der Waals surface area contributed by atoms with Crippen molar-refractivity contribution in [2.75, 3.05) is 5.73 Å². The normalized spacial score (nSPS) is 10.1. The van der Waals surface area contributed by atoms with Gasteiger partial charge in [-0.25, -0.2) is 4.98 Å². The number of anilines is 1. The Morgan fingerprint density at radius 2 is 1.94 bits per heavy atom. The van der Waals surface area contributed by atoms with E-state index in [1.807, 2.05) is 6.07 Å². The van der Waals surface area contributed by atoms with Gasteiger partial charge in [0.1, 0.15) is 11.6 Å². The van der Waals surface area contributed by atoms with E-state index in [9.17, 15) is 4.79 Å². The zero-order valence-corrected chi connectivity index (χ0v) is 10.2. The van der Waals surface area contributed by atoms with Crippen LogP contribution >= 0.6 is 11.6 Å². The molecule has 1 heterocycles. The molecule has 0 saturated heterocycles. The maximum atomic E-state index is 11.7. The maximum absolute atomic E-state index is 11.7. The molecule has 2 N–H and O–H groups in total. The number of ether oxygens (including phenoxy) is 1. The zero-order valence-electron chi connectivity index (χ0n) is 9.47. The van der Waals surface area contributed by atoms with Gasteiger partial charge < -0.3 is 10.5 Å². The molecule has 2 rings (SSSR count). The number of benzene rings is 1. The number of para-hydroxylation sites is 1. The topological polar surface area (TPSA) is 65.2 Å². The van der Waals surface area contributed by atoms with Gasteiger partial charge in [-0.3, -0.25) is 4.79 Å². The Hall–Kier alpha value is -2.07. The van der Waals surface area contributed by atoms with Crippen LogP contribution in [0.4, 0.5) is 5.82 Å². The molecule has 0 amide bonds. The Balaban J connectivity index is 2.05. The number of hydrogen-bond acceptors (Lipinski definition) is 4. The predicted molar refractivity (Wildman–Crippen MR) is 69.4 cm³/mol. The first-order chi connectivity index (χ1) is 8.65.